The monoisotopic (exact) mass is 483 g/mol. The quantitative estimate of drug-likeness (QED) is 0.361. The first-order chi connectivity index (χ1) is 14.6. The van der Waals surface area contributed by atoms with Gasteiger partial charge in [0, 0.05) is 23.5 Å². The number of thiophene rings is 1. The van der Waals surface area contributed by atoms with Crippen LogP contribution in [0.5, 0.6) is 0 Å². The van der Waals surface area contributed by atoms with Crippen LogP contribution in [0.15, 0.2) is 56.1 Å². The van der Waals surface area contributed by atoms with E-state index < -0.39 is 0 Å². The number of pyridine rings is 1. The lowest BCUT2D eigenvalue weighted by Gasteiger charge is -2.18. The van der Waals surface area contributed by atoms with Gasteiger partial charge in [-0.3, -0.25) is 14.3 Å². The van der Waals surface area contributed by atoms with Crippen LogP contribution in [0.3, 0.4) is 0 Å². The average Bonchev–Trinajstić information content (AvgIpc) is 2.96. The van der Waals surface area contributed by atoms with E-state index in [1.54, 1.807) is 12.4 Å². The summed E-state index contributed by atoms with van der Waals surface area (Å²) in [7, 11) is 0. The van der Waals surface area contributed by atoms with Crippen LogP contribution in [0.1, 0.15) is 38.5 Å². The van der Waals surface area contributed by atoms with Crippen molar-refractivity contribution in [2.75, 3.05) is 0 Å². The lowest BCUT2D eigenvalue weighted by molar-refractivity contribution is 0.391. The molecule has 1 fully saturated rings. The van der Waals surface area contributed by atoms with Gasteiger partial charge >= 0.3 is 5.69 Å². The van der Waals surface area contributed by atoms with Crippen LogP contribution in [-0.2, 0) is 6.54 Å². The molecule has 0 aliphatic heterocycles. The predicted octanol–water partition coefficient (Wildman–Crippen LogP) is 5.50. The fourth-order valence-electron chi connectivity index (χ4n) is 4.59. The van der Waals surface area contributed by atoms with Crippen molar-refractivity contribution in [2.45, 2.75) is 45.1 Å². The number of benzene rings is 1. The van der Waals surface area contributed by atoms with Crippen LogP contribution >= 0.6 is 27.3 Å². The van der Waals surface area contributed by atoms with Gasteiger partial charge in [-0.25, -0.2) is 9.36 Å². The number of aromatic nitrogens is 3. The predicted molar refractivity (Wildman–Crippen MR) is 126 cm³/mol. The summed E-state index contributed by atoms with van der Waals surface area (Å²) in [6.45, 7) is 0.650. The minimum Gasteiger partial charge on any atom is -0.292 e. The molecule has 3 heterocycles. The molecule has 7 heteroatoms. The third-order valence-electron chi connectivity index (χ3n) is 6.10. The molecule has 30 heavy (non-hydrogen) atoms. The van der Waals surface area contributed by atoms with Crippen molar-refractivity contribution in [3.05, 3.63) is 67.4 Å². The van der Waals surface area contributed by atoms with Crippen molar-refractivity contribution in [3.8, 4) is 5.69 Å². The van der Waals surface area contributed by atoms with Gasteiger partial charge in [-0.2, -0.15) is 0 Å². The van der Waals surface area contributed by atoms with E-state index in [2.05, 4.69) is 20.9 Å². The highest BCUT2D eigenvalue weighted by atomic mass is 79.9. The maximum absolute atomic E-state index is 13.7. The topological polar surface area (TPSA) is 56.9 Å². The summed E-state index contributed by atoms with van der Waals surface area (Å²) in [5.74, 6) is 0.462. The molecule has 3 aromatic heterocycles. The highest BCUT2D eigenvalue weighted by Crippen LogP contribution is 2.30. The molecule has 0 unspecified atom stereocenters. The normalized spacial score (nSPS) is 15.6. The summed E-state index contributed by atoms with van der Waals surface area (Å²) in [5.41, 5.74) is 0.723. The van der Waals surface area contributed by atoms with Crippen molar-refractivity contribution < 1.29 is 0 Å². The Hall–Kier alpha value is -2.25. The molecule has 1 aliphatic rings. The van der Waals surface area contributed by atoms with Crippen molar-refractivity contribution >= 4 is 48.3 Å². The van der Waals surface area contributed by atoms with Gasteiger partial charge < -0.3 is 0 Å². The van der Waals surface area contributed by atoms with Crippen LogP contribution in [0.4, 0.5) is 0 Å². The fraction of sp³-hybridized carbons (Fsp3) is 0.348. The zero-order valence-corrected chi connectivity index (χ0v) is 18.9. The van der Waals surface area contributed by atoms with Gasteiger partial charge in [0.25, 0.3) is 5.56 Å². The Morgan fingerprint density at radius 1 is 1.07 bits per heavy atom. The maximum Gasteiger partial charge on any atom is 0.336 e. The minimum atomic E-state index is -0.278. The van der Waals surface area contributed by atoms with Crippen LogP contribution in [-0.4, -0.2) is 14.1 Å². The maximum atomic E-state index is 13.7. The van der Waals surface area contributed by atoms with Crippen molar-refractivity contribution in [1.29, 1.82) is 0 Å². The van der Waals surface area contributed by atoms with Gasteiger partial charge in [-0.05, 0) is 40.8 Å². The first kappa shape index (κ1) is 19.7. The molecule has 1 aromatic carbocycles. The van der Waals surface area contributed by atoms with E-state index in [9.17, 15) is 9.59 Å². The Kier molecular flexibility index (Phi) is 5.33. The van der Waals surface area contributed by atoms with Crippen LogP contribution < -0.4 is 11.2 Å². The number of nitrogens with zero attached hydrogens (tertiary/aromatic N) is 3. The fourth-order valence-corrected chi connectivity index (χ4v) is 6.11. The summed E-state index contributed by atoms with van der Waals surface area (Å²) in [6.07, 6.45) is 10.6. The molecule has 4 aromatic rings. The van der Waals surface area contributed by atoms with Crippen molar-refractivity contribution in [3.63, 3.8) is 0 Å². The molecule has 154 valence electrons. The van der Waals surface area contributed by atoms with Crippen LogP contribution in [0.25, 0.3) is 26.7 Å². The van der Waals surface area contributed by atoms with Crippen molar-refractivity contribution in [1.82, 2.24) is 14.1 Å². The van der Waals surface area contributed by atoms with Gasteiger partial charge in [0.15, 0.2) is 0 Å². The second-order valence-corrected chi connectivity index (χ2v) is 10.5. The number of rotatable bonds is 3. The second kappa shape index (κ2) is 8.12. The average molecular weight is 484 g/mol. The lowest BCUT2D eigenvalue weighted by atomic mass is 10.0. The molecule has 0 atom stereocenters. The van der Waals surface area contributed by atoms with Crippen molar-refractivity contribution in [2.24, 2.45) is 5.92 Å². The van der Waals surface area contributed by atoms with Gasteiger partial charge in [0.05, 0.1) is 21.2 Å². The molecule has 1 saturated carbocycles. The number of hydrogen-bond donors (Lipinski definition) is 0. The smallest absolute Gasteiger partial charge is 0.292 e. The second-order valence-electron chi connectivity index (χ2n) is 8.04. The number of hydrogen-bond acceptors (Lipinski definition) is 4. The van der Waals surface area contributed by atoms with Gasteiger partial charge in [0.2, 0.25) is 0 Å². The van der Waals surface area contributed by atoms with E-state index in [0.717, 1.165) is 32.9 Å². The third kappa shape index (κ3) is 3.44. The molecule has 0 saturated heterocycles. The van der Waals surface area contributed by atoms with E-state index in [1.807, 2.05) is 34.9 Å². The molecule has 0 amide bonds. The third-order valence-corrected chi connectivity index (χ3v) is 7.71. The van der Waals surface area contributed by atoms with Gasteiger partial charge in [-0.1, -0.05) is 49.9 Å². The molecule has 0 radical (unpaired) electrons. The Morgan fingerprint density at radius 3 is 2.63 bits per heavy atom. The summed E-state index contributed by atoms with van der Waals surface area (Å²) in [6, 6.07) is 9.64. The van der Waals surface area contributed by atoms with E-state index in [0.29, 0.717) is 22.8 Å². The van der Waals surface area contributed by atoms with Crippen LogP contribution in [0, 0.1) is 5.92 Å². The largest absolute Gasteiger partial charge is 0.336 e. The van der Waals surface area contributed by atoms with Crippen LogP contribution in [0.2, 0.25) is 0 Å². The molecule has 1 aliphatic carbocycles. The van der Waals surface area contributed by atoms with E-state index in [4.69, 9.17) is 0 Å². The first-order valence-corrected chi connectivity index (χ1v) is 12.0. The highest BCUT2D eigenvalue weighted by Gasteiger charge is 2.21. The Morgan fingerprint density at radius 2 is 1.83 bits per heavy atom. The molecule has 0 N–H and O–H groups in total. The lowest BCUT2D eigenvalue weighted by Crippen LogP contribution is -2.39. The van der Waals surface area contributed by atoms with E-state index in [-0.39, 0.29) is 11.2 Å². The minimum absolute atomic E-state index is 0.277. The molecule has 0 bridgehead atoms. The Balaban J connectivity index is 1.77. The number of fused-ring (bicyclic) bond motifs is 2. The highest BCUT2D eigenvalue weighted by molar-refractivity contribution is 9.11. The molecule has 5 rings (SSSR count). The van der Waals surface area contributed by atoms with Gasteiger partial charge in [0.1, 0.15) is 4.70 Å². The SMILES string of the molecule is O=c1c2sc(Br)cc2n(CC2CCCCCC2)c(=O)n1-c1cncc2ccccc12. The summed E-state index contributed by atoms with van der Waals surface area (Å²) in [5, 5.41) is 1.76. The van der Waals surface area contributed by atoms with Gasteiger partial charge in [-0.15, -0.1) is 11.3 Å². The standard InChI is InChI=1S/C23H22BrN3O2S/c24-20-11-18-21(30-20)22(28)27(19-13-25-12-16-9-5-6-10-17(16)19)23(29)26(18)14-15-7-3-1-2-4-8-15/h5-6,9-13,15H,1-4,7-8,14H2. The number of halogens is 1. The Labute approximate surface area is 186 Å². The molecular formula is C23H22BrN3O2S. The van der Waals surface area contributed by atoms with E-state index in [1.165, 1.54) is 41.6 Å². The Bertz CT molecular complexity index is 1340. The zero-order chi connectivity index (χ0) is 20.7. The van der Waals surface area contributed by atoms with E-state index >= 15 is 0 Å². The summed E-state index contributed by atoms with van der Waals surface area (Å²) >= 11 is 4.90. The molecular weight excluding hydrogens is 462 g/mol. The zero-order valence-electron chi connectivity index (χ0n) is 16.5. The first-order valence-electron chi connectivity index (χ1n) is 10.4. The summed E-state index contributed by atoms with van der Waals surface area (Å²) < 4.78 is 4.59. The molecule has 0 spiro atoms. The molecule has 5 nitrogen and oxygen atoms in total. The summed E-state index contributed by atoms with van der Waals surface area (Å²) in [4.78, 5) is 31.4.